The average Bonchev–Trinajstić information content (AvgIpc) is 2.77. The number of nitrogen functional groups attached to an aromatic ring is 1. The van der Waals surface area contributed by atoms with Crippen molar-refractivity contribution >= 4 is 45.4 Å². The van der Waals surface area contributed by atoms with Crippen LogP contribution in [0.2, 0.25) is 0 Å². The van der Waals surface area contributed by atoms with Gasteiger partial charge in [-0.25, -0.2) is 14.8 Å². The Kier molecular flexibility index (Phi) is 5.43. The van der Waals surface area contributed by atoms with Crippen LogP contribution in [0.3, 0.4) is 0 Å². The number of fused-ring (bicyclic) bond motifs is 1. The first-order valence-corrected chi connectivity index (χ1v) is 9.55. The van der Waals surface area contributed by atoms with Crippen molar-refractivity contribution in [3.05, 3.63) is 78.6 Å². The Labute approximate surface area is 173 Å². The van der Waals surface area contributed by atoms with Crippen LogP contribution in [0.5, 0.6) is 0 Å². The maximum Gasteiger partial charge on any atom is 0.338 e. The van der Waals surface area contributed by atoms with Gasteiger partial charge < -0.3 is 21.1 Å². The first kappa shape index (κ1) is 19.2. The van der Waals surface area contributed by atoms with Crippen molar-refractivity contribution in [3.8, 4) is 0 Å². The van der Waals surface area contributed by atoms with Crippen molar-refractivity contribution in [1.29, 1.82) is 0 Å². The fraction of sp³-hybridized carbons (Fsp3) is 0.0870. The van der Waals surface area contributed by atoms with Crippen molar-refractivity contribution < 1.29 is 9.53 Å². The number of benzene rings is 3. The lowest BCUT2D eigenvalue weighted by Crippen LogP contribution is -2.07. The summed E-state index contributed by atoms with van der Waals surface area (Å²) in [4.78, 5) is 20.5. The van der Waals surface area contributed by atoms with Gasteiger partial charge in [-0.1, -0.05) is 42.5 Å². The first-order valence-electron chi connectivity index (χ1n) is 9.55. The Morgan fingerprint density at radius 3 is 2.53 bits per heavy atom. The van der Waals surface area contributed by atoms with Crippen molar-refractivity contribution in [2.75, 3.05) is 23.0 Å². The lowest BCUT2D eigenvalue weighted by molar-refractivity contribution is 0.0526. The minimum atomic E-state index is -0.380. The first-order chi connectivity index (χ1) is 14.7. The number of nitrogens with two attached hydrogens (primary N) is 1. The second-order valence-electron chi connectivity index (χ2n) is 6.56. The van der Waals surface area contributed by atoms with Crippen LogP contribution in [0.1, 0.15) is 17.3 Å². The van der Waals surface area contributed by atoms with Gasteiger partial charge >= 0.3 is 5.97 Å². The maximum atomic E-state index is 12.0. The highest BCUT2D eigenvalue weighted by atomic mass is 16.5. The van der Waals surface area contributed by atoms with Gasteiger partial charge in [0.15, 0.2) is 11.6 Å². The van der Waals surface area contributed by atoms with Crippen LogP contribution in [0, 0.1) is 0 Å². The second kappa shape index (κ2) is 8.48. The predicted molar refractivity (Wildman–Crippen MR) is 119 cm³/mol. The van der Waals surface area contributed by atoms with E-state index < -0.39 is 0 Å². The largest absolute Gasteiger partial charge is 0.462 e. The Hall–Kier alpha value is -4.13. The predicted octanol–water partition coefficient (Wildman–Crippen LogP) is 4.88. The van der Waals surface area contributed by atoms with Gasteiger partial charge in [0.1, 0.15) is 12.0 Å². The molecule has 4 rings (SSSR count). The van der Waals surface area contributed by atoms with Gasteiger partial charge in [-0.2, -0.15) is 0 Å². The van der Waals surface area contributed by atoms with Crippen LogP contribution in [0.25, 0.3) is 10.8 Å². The highest BCUT2D eigenvalue weighted by molar-refractivity contribution is 5.96. The monoisotopic (exact) mass is 399 g/mol. The minimum absolute atomic E-state index is 0.318. The topological polar surface area (TPSA) is 102 Å². The summed E-state index contributed by atoms with van der Waals surface area (Å²) in [7, 11) is 0. The summed E-state index contributed by atoms with van der Waals surface area (Å²) < 4.78 is 5.05. The number of aromatic nitrogens is 2. The molecule has 7 nitrogen and oxygen atoms in total. The van der Waals surface area contributed by atoms with E-state index in [1.54, 1.807) is 25.1 Å². The molecule has 0 aliphatic rings. The van der Waals surface area contributed by atoms with E-state index in [0.29, 0.717) is 35.2 Å². The van der Waals surface area contributed by atoms with Crippen molar-refractivity contribution in [2.24, 2.45) is 0 Å². The standard InChI is InChI=1S/C23H21N5O2/c1-2-30-23(29)16-9-5-10-17(13-16)27-21-20(24)22(26-14-25-21)28-19-12-6-8-15-7-3-4-11-18(15)19/h3-14H,2,24H2,1H3,(H2,25,26,27,28). The van der Waals surface area contributed by atoms with E-state index in [1.165, 1.54) is 6.33 Å². The third-order valence-corrected chi connectivity index (χ3v) is 4.56. The summed E-state index contributed by atoms with van der Waals surface area (Å²) in [6.45, 7) is 2.09. The molecule has 0 amide bonds. The summed E-state index contributed by atoms with van der Waals surface area (Å²) >= 11 is 0. The summed E-state index contributed by atoms with van der Waals surface area (Å²) in [6.07, 6.45) is 1.43. The van der Waals surface area contributed by atoms with E-state index in [2.05, 4.69) is 20.6 Å². The number of nitrogens with zero attached hydrogens (tertiary/aromatic N) is 2. The molecule has 0 saturated carbocycles. The van der Waals surface area contributed by atoms with Crippen LogP contribution in [0.4, 0.5) is 28.7 Å². The van der Waals surface area contributed by atoms with Crippen LogP contribution < -0.4 is 16.4 Å². The van der Waals surface area contributed by atoms with Gasteiger partial charge in [-0.05, 0) is 36.6 Å². The molecule has 0 aliphatic carbocycles. The zero-order valence-corrected chi connectivity index (χ0v) is 16.4. The average molecular weight is 399 g/mol. The lowest BCUT2D eigenvalue weighted by Gasteiger charge is -2.14. The Morgan fingerprint density at radius 1 is 0.967 bits per heavy atom. The summed E-state index contributed by atoms with van der Waals surface area (Å²) in [5.74, 6) is 0.550. The lowest BCUT2D eigenvalue weighted by atomic mass is 10.1. The van der Waals surface area contributed by atoms with Crippen LogP contribution in [-0.4, -0.2) is 22.5 Å². The number of esters is 1. The zero-order valence-electron chi connectivity index (χ0n) is 16.4. The van der Waals surface area contributed by atoms with Crippen molar-refractivity contribution in [1.82, 2.24) is 9.97 Å². The molecule has 4 N–H and O–H groups in total. The fourth-order valence-corrected chi connectivity index (χ4v) is 3.13. The molecule has 3 aromatic carbocycles. The van der Waals surface area contributed by atoms with E-state index in [9.17, 15) is 4.79 Å². The summed E-state index contributed by atoms with van der Waals surface area (Å²) in [5, 5.41) is 8.63. The fourth-order valence-electron chi connectivity index (χ4n) is 3.13. The number of ether oxygens (including phenoxy) is 1. The number of carbonyl (C=O) groups is 1. The van der Waals surface area contributed by atoms with Gasteiger partial charge in [0.25, 0.3) is 0 Å². The van der Waals surface area contributed by atoms with Crippen LogP contribution in [0.15, 0.2) is 73.1 Å². The SMILES string of the molecule is CCOC(=O)c1cccc(Nc2ncnc(Nc3cccc4ccccc34)c2N)c1. The normalized spacial score (nSPS) is 10.6. The van der Waals surface area contributed by atoms with Crippen LogP contribution >= 0.6 is 0 Å². The molecule has 1 heterocycles. The third-order valence-electron chi connectivity index (χ3n) is 4.56. The molecule has 0 spiro atoms. The molecule has 0 fully saturated rings. The van der Waals surface area contributed by atoms with E-state index in [0.717, 1.165) is 16.5 Å². The molecule has 0 atom stereocenters. The van der Waals surface area contributed by atoms with E-state index in [4.69, 9.17) is 10.5 Å². The van der Waals surface area contributed by atoms with Gasteiger partial charge in [0.2, 0.25) is 0 Å². The number of rotatable bonds is 6. The molecule has 0 radical (unpaired) electrons. The van der Waals surface area contributed by atoms with Gasteiger partial charge in [-0.3, -0.25) is 0 Å². The highest BCUT2D eigenvalue weighted by Crippen LogP contribution is 2.31. The van der Waals surface area contributed by atoms with E-state index in [-0.39, 0.29) is 5.97 Å². The molecule has 30 heavy (non-hydrogen) atoms. The quantitative estimate of drug-likeness (QED) is 0.397. The Morgan fingerprint density at radius 2 is 1.70 bits per heavy atom. The molecule has 0 aliphatic heterocycles. The number of carbonyl (C=O) groups excluding carboxylic acids is 1. The summed E-state index contributed by atoms with van der Waals surface area (Å²) in [5.41, 5.74) is 8.71. The third kappa shape index (κ3) is 4.00. The summed E-state index contributed by atoms with van der Waals surface area (Å²) in [6, 6.07) is 21.0. The van der Waals surface area contributed by atoms with Crippen LogP contribution in [-0.2, 0) is 4.74 Å². The van der Waals surface area contributed by atoms with Gasteiger partial charge in [0.05, 0.1) is 12.2 Å². The van der Waals surface area contributed by atoms with Gasteiger partial charge in [-0.15, -0.1) is 0 Å². The zero-order chi connectivity index (χ0) is 20.9. The minimum Gasteiger partial charge on any atom is -0.462 e. The number of hydrogen-bond donors (Lipinski definition) is 3. The number of anilines is 5. The maximum absolute atomic E-state index is 12.0. The Balaban J connectivity index is 1.61. The molecule has 0 bridgehead atoms. The molecule has 1 aromatic heterocycles. The van der Waals surface area contributed by atoms with Crippen molar-refractivity contribution in [2.45, 2.75) is 6.92 Å². The number of hydrogen-bond acceptors (Lipinski definition) is 7. The smallest absolute Gasteiger partial charge is 0.338 e. The Bertz CT molecular complexity index is 1200. The van der Waals surface area contributed by atoms with E-state index in [1.807, 2.05) is 48.5 Å². The van der Waals surface area contributed by atoms with E-state index >= 15 is 0 Å². The van der Waals surface area contributed by atoms with Crippen molar-refractivity contribution in [3.63, 3.8) is 0 Å². The molecular formula is C23H21N5O2. The van der Waals surface area contributed by atoms with Gasteiger partial charge in [0, 0.05) is 16.8 Å². The molecule has 7 heteroatoms. The molecule has 0 saturated heterocycles. The molecule has 4 aromatic rings. The molecular weight excluding hydrogens is 378 g/mol. The highest BCUT2D eigenvalue weighted by Gasteiger charge is 2.12. The molecule has 0 unspecified atom stereocenters. The second-order valence-corrected chi connectivity index (χ2v) is 6.56. The number of nitrogens with one attached hydrogen (secondary N) is 2. The molecule has 150 valence electrons.